The molecule has 0 saturated carbocycles. The van der Waals surface area contributed by atoms with E-state index in [2.05, 4.69) is 22.3 Å². The highest BCUT2D eigenvalue weighted by Crippen LogP contribution is 2.29. The summed E-state index contributed by atoms with van der Waals surface area (Å²) in [6, 6.07) is 18.1. The van der Waals surface area contributed by atoms with Crippen molar-refractivity contribution in [2.24, 2.45) is 0 Å². The number of rotatable bonds is 7. The number of methoxy groups -OCH3 is 1. The maximum atomic E-state index is 10.5. The van der Waals surface area contributed by atoms with Gasteiger partial charge in [0.15, 0.2) is 0 Å². The molecule has 0 aliphatic carbocycles. The molecule has 0 spiro atoms. The van der Waals surface area contributed by atoms with Gasteiger partial charge in [0.25, 0.3) is 0 Å². The molecule has 1 atom stereocenters. The lowest BCUT2D eigenvalue weighted by Crippen LogP contribution is -2.39. The molecule has 3 aromatic rings. The number of β-amino-alcohol motifs (C(OH)–C–C–N with tert-alkyl or cyclic N) is 1. The van der Waals surface area contributed by atoms with Crippen molar-refractivity contribution >= 4 is 29.0 Å². The van der Waals surface area contributed by atoms with Crippen LogP contribution in [0.3, 0.4) is 0 Å². The van der Waals surface area contributed by atoms with Gasteiger partial charge in [-0.05, 0) is 62.3 Å². The zero-order valence-corrected chi connectivity index (χ0v) is 18.2. The number of halogens is 1. The summed E-state index contributed by atoms with van der Waals surface area (Å²) in [5.74, 6) is 0.828. The topological polar surface area (TPSA) is 57.6 Å². The number of nitrogens with one attached hydrogen (secondary N) is 1. The Morgan fingerprint density at radius 2 is 1.80 bits per heavy atom. The lowest BCUT2D eigenvalue weighted by Gasteiger charge is -2.28. The fourth-order valence-electron chi connectivity index (χ4n) is 3.96. The van der Waals surface area contributed by atoms with Crippen LogP contribution in [0, 0.1) is 0 Å². The van der Waals surface area contributed by atoms with E-state index >= 15 is 0 Å². The van der Waals surface area contributed by atoms with E-state index in [1.807, 2.05) is 42.5 Å². The first-order valence-corrected chi connectivity index (χ1v) is 10.4. The molecule has 1 saturated heterocycles. The van der Waals surface area contributed by atoms with E-state index in [1.54, 1.807) is 7.11 Å². The molecule has 160 valence electrons. The molecule has 0 amide bonds. The first-order valence-electron chi connectivity index (χ1n) is 10.4. The highest BCUT2D eigenvalue weighted by atomic mass is 35.5. The minimum Gasteiger partial charge on any atom is -0.497 e. The predicted octanol–water partition coefficient (Wildman–Crippen LogP) is 4.59. The van der Waals surface area contributed by atoms with Gasteiger partial charge in [-0.3, -0.25) is 0 Å². The number of hydrogen-bond acceptors (Lipinski definition) is 5. The van der Waals surface area contributed by atoms with Gasteiger partial charge in [0.05, 0.1) is 24.4 Å². The summed E-state index contributed by atoms with van der Waals surface area (Å²) >= 11 is 0. The molecule has 0 bridgehead atoms. The number of ether oxygens (including phenoxy) is 1. The fourth-order valence-corrected chi connectivity index (χ4v) is 3.96. The van der Waals surface area contributed by atoms with Crippen LogP contribution in [-0.4, -0.2) is 54.4 Å². The highest BCUT2D eigenvalue weighted by Gasteiger charge is 2.15. The summed E-state index contributed by atoms with van der Waals surface area (Å²) in [6.07, 6.45) is 3.38. The molecule has 2 N–H and O–H groups in total. The minimum absolute atomic E-state index is 0. The van der Waals surface area contributed by atoms with E-state index in [9.17, 15) is 5.11 Å². The maximum absolute atomic E-state index is 10.5. The Balaban J connectivity index is 0.00000256. The Morgan fingerprint density at radius 1 is 1.07 bits per heavy atom. The van der Waals surface area contributed by atoms with Gasteiger partial charge in [-0.15, -0.1) is 12.4 Å². The maximum Gasteiger partial charge on any atom is 0.118 e. The Kier molecular flexibility index (Phi) is 7.91. The molecule has 1 fully saturated rings. The van der Waals surface area contributed by atoms with Crippen molar-refractivity contribution in [3.05, 3.63) is 54.6 Å². The molecule has 1 aliphatic heterocycles. The number of piperidine rings is 1. The third kappa shape index (κ3) is 5.42. The van der Waals surface area contributed by atoms with Crippen molar-refractivity contribution in [1.82, 2.24) is 9.88 Å². The van der Waals surface area contributed by atoms with Gasteiger partial charge in [0.1, 0.15) is 5.75 Å². The number of para-hydroxylation sites is 1. The van der Waals surface area contributed by atoms with E-state index in [1.165, 1.54) is 19.3 Å². The molecule has 0 radical (unpaired) electrons. The van der Waals surface area contributed by atoms with Crippen molar-refractivity contribution in [3.63, 3.8) is 0 Å². The van der Waals surface area contributed by atoms with Crippen molar-refractivity contribution in [2.45, 2.75) is 25.4 Å². The molecule has 2 heterocycles. The van der Waals surface area contributed by atoms with E-state index in [0.717, 1.165) is 53.2 Å². The average Bonchev–Trinajstić information content (AvgIpc) is 2.78. The average molecular weight is 428 g/mol. The van der Waals surface area contributed by atoms with E-state index in [0.29, 0.717) is 6.54 Å². The molecule has 5 nitrogen and oxygen atoms in total. The van der Waals surface area contributed by atoms with Crippen LogP contribution in [0.2, 0.25) is 0 Å². The molecule has 4 rings (SSSR count). The molecule has 1 aliphatic rings. The molecular weight excluding hydrogens is 398 g/mol. The summed E-state index contributed by atoms with van der Waals surface area (Å²) in [5, 5.41) is 15.1. The van der Waals surface area contributed by atoms with Crippen LogP contribution < -0.4 is 10.1 Å². The van der Waals surface area contributed by atoms with Crippen LogP contribution in [0.5, 0.6) is 5.75 Å². The van der Waals surface area contributed by atoms with Crippen LogP contribution >= 0.6 is 12.4 Å². The third-order valence-electron chi connectivity index (χ3n) is 5.55. The second kappa shape index (κ2) is 10.6. The van der Waals surface area contributed by atoms with Crippen molar-refractivity contribution < 1.29 is 9.84 Å². The summed E-state index contributed by atoms with van der Waals surface area (Å²) < 4.78 is 5.26. The Morgan fingerprint density at radius 3 is 2.53 bits per heavy atom. The number of likely N-dealkylation sites (tertiary alicyclic amines) is 1. The van der Waals surface area contributed by atoms with Crippen molar-refractivity contribution in [1.29, 1.82) is 0 Å². The summed E-state index contributed by atoms with van der Waals surface area (Å²) in [6.45, 7) is 3.43. The van der Waals surface area contributed by atoms with Gasteiger partial charge in [-0.2, -0.15) is 0 Å². The summed E-state index contributed by atoms with van der Waals surface area (Å²) in [4.78, 5) is 7.20. The van der Waals surface area contributed by atoms with Gasteiger partial charge >= 0.3 is 0 Å². The van der Waals surface area contributed by atoms with E-state index in [-0.39, 0.29) is 12.4 Å². The van der Waals surface area contributed by atoms with E-state index in [4.69, 9.17) is 9.72 Å². The second-order valence-corrected chi connectivity index (χ2v) is 7.70. The van der Waals surface area contributed by atoms with Gasteiger partial charge < -0.3 is 20.1 Å². The Bertz CT molecular complexity index is 943. The Hall–Kier alpha value is -2.34. The lowest BCUT2D eigenvalue weighted by molar-refractivity contribution is 0.110. The zero-order chi connectivity index (χ0) is 20.1. The van der Waals surface area contributed by atoms with Crippen LogP contribution in [0.1, 0.15) is 19.3 Å². The van der Waals surface area contributed by atoms with Gasteiger partial charge in [0.2, 0.25) is 0 Å². The third-order valence-corrected chi connectivity index (χ3v) is 5.55. The Labute approximate surface area is 184 Å². The first kappa shape index (κ1) is 22.3. The van der Waals surface area contributed by atoms with Gasteiger partial charge in [-0.1, -0.05) is 24.6 Å². The van der Waals surface area contributed by atoms with Crippen molar-refractivity contribution in [3.8, 4) is 17.0 Å². The number of nitrogens with zero attached hydrogens (tertiary/aromatic N) is 2. The molecular formula is C24H30ClN3O2. The molecule has 2 aromatic carbocycles. The van der Waals surface area contributed by atoms with Gasteiger partial charge in [-0.25, -0.2) is 4.98 Å². The number of aromatic nitrogens is 1. The minimum atomic E-state index is -0.399. The number of anilines is 1. The van der Waals surface area contributed by atoms with Crippen molar-refractivity contribution in [2.75, 3.05) is 38.6 Å². The lowest BCUT2D eigenvalue weighted by atomic mass is 10.1. The summed E-state index contributed by atoms with van der Waals surface area (Å²) in [7, 11) is 1.67. The quantitative estimate of drug-likeness (QED) is 0.577. The monoisotopic (exact) mass is 427 g/mol. The number of fused-ring (bicyclic) bond motifs is 1. The highest BCUT2D eigenvalue weighted by molar-refractivity contribution is 5.93. The molecule has 1 unspecified atom stereocenters. The largest absolute Gasteiger partial charge is 0.497 e. The first-order chi connectivity index (χ1) is 14.2. The fraction of sp³-hybridized carbons (Fsp3) is 0.375. The SMILES string of the molecule is COc1ccc(-c2cc(NCC(O)CN3CCCCC3)c3ccccc3n2)cc1.Cl. The van der Waals surface area contributed by atoms with Crippen LogP contribution in [-0.2, 0) is 0 Å². The molecule has 6 heteroatoms. The second-order valence-electron chi connectivity index (χ2n) is 7.70. The van der Waals surface area contributed by atoms with E-state index < -0.39 is 6.10 Å². The number of aliphatic hydroxyl groups is 1. The normalized spacial score (nSPS) is 15.4. The smallest absolute Gasteiger partial charge is 0.118 e. The van der Waals surface area contributed by atoms with Crippen LogP contribution in [0.4, 0.5) is 5.69 Å². The van der Waals surface area contributed by atoms with Crippen LogP contribution in [0.25, 0.3) is 22.2 Å². The number of benzene rings is 2. The summed E-state index contributed by atoms with van der Waals surface area (Å²) in [5.41, 5.74) is 3.88. The number of aliphatic hydroxyl groups excluding tert-OH is 1. The number of hydrogen-bond donors (Lipinski definition) is 2. The van der Waals surface area contributed by atoms with Gasteiger partial charge in [0, 0.05) is 29.7 Å². The molecule has 1 aromatic heterocycles. The van der Waals surface area contributed by atoms with Crippen LogP contribution in [0.15, 0.2) is 54.6 Å². The standard InChI is InChI=1S/C24H29N3O2.ClH/c1-29-20-11-9-18(10-12-20)23-15-24(21-7-3-4-8-22(21)26-23)25-16-19(28)17-27-13-5-2-6-14-27;/h3-4,7-12,15,19,28H,2,5-6,13-14,16-17H2,1H3,(H,25,26);1H. The molecule has 30 heavy (non-hydrogen) atoms. The number of pyridine rings is 1. The predicted molar refractivity (Wildman–Crippen MR) is 126 cm³/mol. The zero-order valence-electron chi connectivity index (χ0n) is 17.4.